The van der Waals surface area contributed by atoms with Crippen LogP contribution in [0.5, 0.6) is 0 Å². The summed E-state index contributed by atoms with van der Waals surface area (Å²) in [5.74, 6) is -0.595. The Balaban J connectivity index is 2.46. The van der Waals surface area contributed by atoms with Gasteiger partial charge in [-0.05, 0) is 33.6 Å². The predicted octanol–water partition coefficient (Wildman–Crippen LogP) is 0.677. The second kappa shape index (κ2) is 6.18. The smallest absolute Gasteiger partial charge is 0.235 e. The minimum atomic E-state index is -0.560. The number of rotatable bonds is 5. The summed E-state index contributed by atoms with van der Waals surface area (Å²) in [6, 6.07) is -0.236. The van der Waals surface area contributed by atoms with Gasteiger partial charge in [-0.1, -0.05) is 12.8 Å². The minimum Gasteiger partial charge on any atom is -0.368 e. The molecular formula is C13H25N3O2. The van der Waals surface area contributed by atoms with Crippen molar-refractivity contribution < 1.29 is 9.59 Å². The summed E-state index contributed by atoms with van der Waals surface area (Å²) in [4.78, 5) is 23.2. The molecule has 0 heterocycles. The molecule has 0 aliphatic heterocycles. The minimum absolute atomic E-state index is 0.114. The van der Waals surface area contributed by atoms with Gasteiger partial charge in [-0.25, -0.2) is 0 Å². The molecule has 5 nitrogen and oxygen atoms in total. The van der Waals surface area contributed by atoms with Gasteiger partial charge in [0.05, 0.1) is 12.5 Å². The molecule has 0 radical (unpaired) electrons. The highest BCUT2D eigenvalue weighted by molar-refractivity contribution is 5.87. The van der Waals surface area contributed by atoms with Crippen LogP contribution in [-0.2, 0) is 9.59 Å². The van der Waals surface area contributed by atoms with Gasteiger partial charge in [0.1, 0.15) is 0 Å². The topological polar surface area (TPSA) is 84.2 Å². The number of nitrogens with two attached hydrogens (primary N) is 1. The Morgan fingerprint density at radius 3 is 2.28 bits per heavy atom. The first kappa shape index (κ1) is 15.0. The second-order valence-corrected chi connectivity index (χ2v) is 6.11. The second-order valence-electron chi connectivity index (χ2n) is 6.11. The van der Waals surface area contributed by atoms with Crippen LogP contribution in [0.15, 0.2) is 0 Å². The van der Waals surface area contributed by atoms with Crippen LogP contribution >= 0.6 is 0 Å². The Hall–Kier alpha value is -1.10. The predicted molar refractivity (Wildman–Crippen MR) is 70.9 cm³/mol. The highest BCUT2D eigenvalue weighted by atomic mass is 16.2. The van der Waals surface area contributed by atoms with Crippen LogP contribution in [0, 0.1) is 0 Å². The van der Waals surface area contributed by atoms with Gasteiger partial charge >= 0.3 is 0 Å². The fraction of sp³-hybridized carbons (Fsp3) is 0.846. The molecule has 0 aromatic carbocycles. The van der Waals surface area contributed by atoms with Gasteiger partial charge in [0.2, 0.25) is 11.8 Å². The van der Waals surface area contributed by atoms with E-state index < -0.39 is 11.9 Å². The number of carbonyl (C=O) groups is 2. The first-order valence-corrected chi connectivity index (χ1v) is 6.64. The molecule has 4 N–H and O–H groups in total. The molecule has 0 bridgehead atoms. The van der Waals surface area contributed by atoms with E-state index in [2.05, 4.69) is 10.6 Å². The average molecular weight is 255 g/mol. The highest BCUT2D eigenvalue weighted by Gasteiger charge is 2.25. The molecule has 0 aromatic rings. The Morgan fingerprint density at radius 1 is 1.28 bits per heavy atom. The van der Waals surface area contributed by atoms with E-state index in [1.807, 2.05) is 20.8 Å². The zero-order valence-corrected chi connectivity index (χ0v) is 11.6. The number of carbonyl (C=O) groups excluding carboxylic acids is 2. The highest BCUT2D eigenvalue weighted by Crippen LogP contribution is 2.18. The van der Waals surface area contributed by atoms with Crippen molar-refractivity contribution in [3.63, 3.8) is 0 Å². The van der Waals surface area contributed by atoms with E-state index in [0.717, 1.165) is 12.8 Å². The standard InChI is InChI=1S/C13H25N3O2/c1-13(2,3)16-11(17)8-10(12(14)18)15-9-6-4-5-7-9/h9-10,15H,4-8H2,1-3H3,(H2,14,18)(H,16,17). The zero-order chi connectivity index (χ0) is 13.8. The molecule has 1 aliphatic rings. The molecule has 1 aliphatic carbocycles. The van der Waals surface area contributed by atoms with Crippen molar-refractivity contribution >= 4 is 11.8 Å². The fourth-order valence-electron chi connectivity index (χ4n) is 2.27. The normalized spacial score (nSPS) is 18.6. The number of nitrogens with one attached hydrogen (secondary N) is 2. The van der Waals surface area contributed by atoms with Crippen molar-refractivity contribution in [2.45, 2.75) is 70.5 Å². The maximum atomic E-state index is 11.8. The van der Waals surface area contributed by atoms with Crippen molar-refractivity contribution in [2.24, 2.45) is 5.73 Å². The van der Waals surface area contributed by atoms with Gasteiger partial charge in [-0.2, -0.15) is 0 Å². The van der Waals surface area contributed by atoms with E-state index in [1.165, 1.54) is 12.8 Å². The molecule has 1 rings (SSSR count). The quantitative estimate of drug-likeness (QED) is 0.675. The summed E-state index contributed by atoms with van der Waals surface area (Å²) in [5, 5.41) is 6.04. The van der Waals surface area contributed by atoms with E-state index in [0.29, 0.717) is 6.04 Å². The van der Waals surface area contributed by atoms with Crippen LogP contribution < -0.4 is 16.4 Å². The third-order valence-corrected chi connectivity index (χ3v) is 3.04. The number of amides is 2. The summed E-state index contributed by atoms with van der Waals surface area (Å²) < 4.78 is 0. The van der Waals surface area contributed by atoms with E-state index in [4.69, 9.17) is 5.73 Å². The lowest BCUT2D eigenvalue weighted by molar-refractivity contribution is -0.127. The maximum absolute atomic E-state index is 11.8. The van der Waals surface area contributed by atoms with Crippen LogP contribution in [-0.4, -0.2) is 29.4 Å². The molecular weight excluding hydrogens is 230 g/mol. The molecule has 18 heavy (non-hydrogen) atoms. The van der Waals surface area contributed by atoms with Crippen molar-refractivity contribution in [2.75, 3.05) is 0 Å². The summed E-state index contributed by atoms with van der Waals surface area (Å²) in [6.07, 6.45) is 4.59. The van der Waals surface area contributed by atoms with Crippen LogP contribution in [0.4, 0.5) is 0 Å². The van der Waals surface area contributed by atoms with Crippen LogP contribution in [0.1, 0.15) is 52.9 Å². The third kappa shape index (κ3) is 5.49. The Morgan fingerprint density at radius 2 is 1.83 bits per heavy atom. The fourth-order valence-corrected chi connectivity index (χ4v) is 2.27. The Kier molecular flexibility index (Phi) is 5.14. The van der Waals surface area contributed by atoms with Crippen molar-refractivity contribution in [3.8, 4) is 0 Å². The first-order chi connectivity index (χ1) is 8.28. The van der Waals surface area contributed by atoms with Gasteiger partial charge in [0.15, 0.2) is 0 Å². The van der Waals surface area contributed by atoms with Crippen LogP contribution in [0.25, 0.3) is 0 Å². The summed E-state index contributed by atoms with van der Waals surface area (Å²) in [5.41, 5.74) is 5.06. The van der Waals surface area contributed by atoms with Crippen molar-refractivity contribution in [1.29, 1.82) is 0 Å². The van der Waals surface area contributed by atoms with E-state index >= 15 is 0 Å². The van der Waals surface area contributed by atoms with E-state index in [1.54, 1.807) is 0 Å². The number of primary amides is 1. The molecule has 0 spiro atoms. The lowest BCUT2D eigenvalue weighted by Gasteiger charge is -2.24. The van der Waals surface area contributed by atoms with Gasteiger partial charge in [-0.3, -0.25) is 9.59 Å². The van der Waals surface area contributed by atoms with Gasteiger partial charge in [0, 0.05) is 11.6 Å². The molecule has 0 aromatic heterocycles. The number of hydrogen-bond acceptors (Lipinski definition) is 3. The molecule has 1 atom stereocenters. The van der Waals surface area contributed by atoms with Crippen LogP contribution in [0.3, 0.4) is 0 Å². The van der Waals surface area contributed by atoms with Crippen molar-refractivity contribution in [3.05, 3.63) is 0 Å². The SMILES string of the molecule is CC(C)(C)NC(=O)CC(NC1CCCC1)C(N)=O. The molecule has 104 valence electrons. The summed E-state index contributed by atoms with van der Waals surface area (Å²) in [7, 11) is 0. The molecule has 2 amide bonds. The van der Waals surface area contributed by atoms with E-state index in [9.17, 15) is 9.59 Å². The molecule has 1 saturated carbocycles. The molecule has 1 unspecified atom stereocenters. The van der Waals surface area contributed by atoms with E-state index in [-0.39, 0.29) is 17.9 Å². The number of hydrogen-bond donors (Lipinski definition) is 3. The summed E-state index contributed by atoms with van der Waals surface area (Å²) in [6.45, 7) is 5.73. The Labute approximate surface area is 109 Å². The molecule has 0 saturated heterocycles. The third-order valence-electron chi connectivity index (χ3n) is 3.04. The van der Waals surface area contributed by atoms with Gasteiger partial charge in [-0.15, -0.1) is 0 Å². The average Bonchev–Trinajstić information content (AvgIpc) is 2.66. The van der Waals surface area contributed by atoms with Gasteiger partial charge < -0.3 is 16.4 Å². The van der Waals surface area contributed by atoms with Crippen molar-refractivity contribution in [1.82, 2.24) is 10.6 Å². The lowest BCUT2D eigenvalue weighted by atomic mass is 10.1. The lowest BCUT2D eigenvalue weighted by Crippen LogP contribution is -2.50. The maximum Gasteiger partial charge on any atom is 0.235 e. The Bertz CT molecular complexity index is 304. The molecule has 1 fully saturated rings. The first-order valence-electron chi connectivity index (χ1n) is 6.64. The largest absolute Gasteiger partial charge is 0.368 e. The zero-order valence-electron chi connectivity index (χ0n) is 11.6. The molecule has 5 heteroatoms. The van der Waals surface area contributed by atoms with Gasteiger partial charge in [0.25, 0.3) is 0 Å². The summed E-state index contributed by atoms with van der Waals surface area (Å²) >= 11 is 0. The van der Waals surface area contributed by atoms with Crippen LogP contribution in [0.2, 0.25) is 0 Å². The monoisotopic (exact) mass is 255 g/mol.